The highest BCUT2D eigenvalue weighted by molar-refractivity contribution is 6.46. The Morgan fingerprint density at radius 2 is 1.78 bits per heavy atom. The maximum atomic E-state index is 13.2. The minimum atomic E-state index is -0.643. The summed E-state index contributed by atoms with van der Waals surface area (Å²) in [5.41, 5.74) is 1.36. The van der Waals surface area contributed by atoms with Crippen LogP contribution in [0.25, 0.3) is 5.76 Å². The van der Waals surface area contributed by atoms with Gasteiger partial charge in [0.1, 0.15) is 17.3 Å². The number of carbonyl (C=O) groups excluding carboxylic acids is 2. The van der Waals surface area contributed by atoms with Gasteiger partial charge in [-0.1, -0.05) is 44.0 Å². The summed E-state index contributed by atoms with van der Waals surface area (Å²) in [5, 5.41) is 11.3. The molecule has 1 aliphatic heterocycles. The summed E-state index contributed by atoms with van der Waals surface area (Å²) in [6.45, 7) is 2.57. The number of aliphatic hydroxyl groups excluding tert-OH is 1. The molecule has 2 aromatic carbocycles. The Morgan fingerprint density at radius 3 is 2.44 bits per heavy atom. The number of ether oxygens (including phenoxy) is 2. The lowest BCUT2D eigenvalue weighted by Crippen LogP contribution is -2.37. The van der Waals surface area contributed by atoms with Crippen LogP contribution in [0.3, 0.4) is 0 Å². The first-order valence-electron chi connectivity index (χ1n) is 11.2. The van der Waals surface area contributed by atoms with Gasteiger partial charge in [-0.05, 0) is 49.1 Å². The molecule has 1 heterocycles. The number of hydrogen-bond donors (Lipinski definition) is 1. The molecule has 168 valence electrons. The lowest BCUT2D eigenvalue weighted by Gasteiger charge is -2.30. The molecule has 2 aliphatic rings. The number of rotatable bonds is 7. The van der Waals surface area contributed by atoms with Gasteiger partial charge in [0.05, 0.1) is 25.3 Å². The standard InChI is InChI=1S/C26H29NO5/c1-3-15-32-21-10-6-7-18(16-21)24(28)22-23(17-11-13-20(31-2)14-12-17)27(26(30)25(22)29)19-8-4-5-9-19/h6-7,10-14,16,19,23,28H,3-5,8-9,15H2,1-2H3/b24-22-. The molecule has 6 nitrogen and oxygen atoms in total. The summed E-state index contributed by atoms with van der Waals surface area (Å²) in [7, 11) is 1.59. The van der Waals surface area contributed by atoms with Gasteiger partial charge in [-0.15, -0.1) is 0 Å². The van der Waals surface area contributed by atoms with Crippen molar-refractivity contribution in [1.29, 1.82) is 0 Å². The van der Waals surface area contributed by atoms with Crippen molar-refractivity contribution >= 4 is 17.4 Å². The van der Waals surface area contributed by atoms with Crippen molar-refractivity contribution in [1.82, 2.24) is 4.90 Å². The van der Waals surface area contributed by atoms with E-state index in [2.05, 4.69) is 0 Å². The SMILES string of the molecule is CCCOc1cccc(/C(O)=C2/C(=O)C(=O)N(C3CCCC3)C2c2ccc(OC)cc2)c1. The van der Waals surface area contributed by atoms with Crippen LogP contribution in [0, 0.1) is 0 Å². The van der Waals surface area contributed by atoms with E-state index in [1.165, 1.54) is 0 Å². The Labute approximate surface area is 188 Å². The molecule has 6 heteroatoms. The highest BCUT2D eigenvalue weighted by Crippen LogP contribution is 2.43. The van der Waals surface area contributed by atoms with E-state index in [0.29, 0.717) is 23.7 Å². The smallest absolute Gasteiger partial charge is 0.295 e. The van der Waals surface area contributed by atoms with Gasteiger partial charge in [-0.25, -0.2) is 0 Å². The van der Waals surface area contributed by atoms with Crippen LogP contribution in [0.5, 0.6) is 11.5 Å². The first kappa shape index (κ1) is 21.9. The number of nitrogens with zero attached hydrogens (tertiary/aromatic N) is 1. The van der Waals surface area contributed by atoms with Crippen LogP contribution in [-0.2, 0) is 9.59 Å². The van der Waals surface area contributed by atoms with Gasteiger partial charge in [0.25, 0.3) is 11.7 Å². The summed E-state index contributed by atoms with van der Waals surface area (Å²) >= 11 is 0. The zero-order valence-corrected chi connectivity index (χ0v) is 18.5. The van der Waals surface area contributed by atoms with Crippen LogP contribution in [0.1, 0.15) is 56.2 Å². The molecule has 0 aromatic heterocycles. The van der Waals surface area contributed by atoms with Crippen LogP contribution in [0.2, 0.25) is 0 Å². The number of benzene rings is 2. The lowest BCUT2D eigenvalue weighted by atomic mass is 9.94. The average molecular weight is 436 g/mol. The minimum Gasteiger partial charge on any atom is -0.507 e. The second kappa shape index (κ2) is 9.47. The molecule has 0 spiro atoms. The van der Waals surface area contributed by atoms with Crippen LogP contribution >= 0.6 is 0 Å². The van der Waals surface area contributed by atoms with E-state index in [9.17, 15) is 14.7 Å². The van der Waals surface area contributed by atoms with Crippen LogP contribution < -0.4 is 9.47 Å². The summed E-state index contributed by atoms with van der Waals surface area (Å²) in [6.07, 6.45) is 4.64. The number of methoxy groups -OCH3 is 1. The number of amides is 1. The highest BCUT2D eigenvalue weighted by atomic mass is 16.5. The molecule has 1 saturated heterocycles. The third-order valence-electron chi connectivity index (χ3n) is 6.21. The van der Waals surface area contributed by atoms with Crippen molar-refractivity contribution in [2.75, 3.05) is 13.7 Å². The quantitative estimate of drug-likeness (QED) is 0.382. The molecular weight excluding hydrogens is 406 g/mol. The molecule has 1 unspecified atom stereocenters. The van der Waals surface area contributed by atoms with Crippen molar-refractivity contribution < 1.29 is 24.2 Å². The molecule has 2 aromatic rings. The average Bonchev–Trinajstić information content (AvgIpc) is 3.44. The fraction of sp³-hybridized carbons (Fsp3) is 0.385. The van der Waals surface area contributed by atoms with E-state index in [1.807, 2.05) is 37.3 Å². The third-order valence-corrected chi connectivity index (χ3v) is 6.21. The minimum absolute atomic E-state index is 0.0110. The summed E-state index contributed by atoms with van der Waals surface area (Å²) in [6, 6.07) is 13.7. The summed E-state index contributed by atoms with van der Waals surface area (Å²) < 4.78 is 11.0. The van der Waals surface area contributed by atoms with E-state index in [4.69, 9.17) is 9.47 Å². The summed E-state index contributed by atoms with van der Waals surface area (Å²) in [5.74, 6) is -0.0615. The van der Waals surface area contributed by atoms with E-state index in [1.54, 1.807) is 30.2 Å². The van der Waals surface area contributed by atoms with Gasteiger partial charge in [-0.3, -0.25) is 9.59 Å². The van der Waals surface area contributed by atoms with Crippen molar-refractivity contribution in [3.05, 3.63) is 65.2 Å². The fourth-order valence-electron chi connectivity index (χ4n) is 4.63. The van der Waals surface area contributed by atoms with Crippen molar-refractivity contribution in [2.45, 2.75) is 51.1 Å². The first-order chi connectivity index (χ1) is 15.5. The maximum absolute atomic E-state index is 13.2. The Bertz CT molecular complexity index is 1020. The van der Waals surface area contributed by atoms with Crippen LogP contribution in [0.15, 0.2) is 54.1 Å². The molecule has 1 N–H and O–H groups in total. The van der Waals surface area contributed by atoms with Crippen molar-refractivity contribution in [3.63, 3.8) is 0 Å². The molecule has 2 fully saturated rings. The third kappa shape index (κ3) is 4.09. The van der Waals surface area contributed by atoms with E-state index in [-0.39, 0.29) is 17.4 Å². The normalized spacial score (nSPS) is 20.7. The van der Waals surface area contributed by atoms with E-state index in [0.717, 1.165) is 37.7 Å². The summed E-state index contributed by atoms with van der Waals surface area (Å²) in [4.78, 5) is 28.0. The maximum Gasteiger partial charge on any atom is 0.295 e. The molecule has 0 radical (unpaired) electrons. The van der Waals surface area contributed by atoms with Gasteiger partial charge in [0.15, 0.2) is 0 Å². The molecule has 4 rings (SSSR count). The molecule has 1 atom stereocenters. The zero-order valence-electron chi connectivity index (χ0n) is 18.5. The lowest BCUT2D eigenvalue weighted by molar-refractivity contribution is -0.141. The Hall–Kier alpha value is -3.28. The van der Waals surface area contributed by atoms with Crippen molar-refractivity contribution in [3.8, 4) is 11.5 Å². The molecule has 1 aliphatic carbocycles. The Morgan fingerprint density at radius 1 is 1.06 bits per heavy atom. The fourth-order valence-corrected chi connectivity index (χ4v) is 4.63. The predicted molar refractivity (Wildman–Crippen MR) is 122 cm³/mol. The number of likely N-dealkylation sites (tertiary alicyclic amines) is 1. The van der Waals surface area contributed by atoms with Gasteiger partial charge in [-0.2, -0.15) is 0 Å². The number of carbonyl (C=O) groups is 2. The molecule has 1 amide bonds. The monoisotopic (exact) mass is 435 g/mol. The number of hydrogen-bond acceptors (Lipinski definition) is 5. The predicted octanol–water partition coefficient (Wildman–Crippen LogP) is 4.85. The van der Waals surface area contributed by atoms with Gasteiger partial charge in [0, 0.05) is 11.6 Å². The number of Topliss-reactive ketones (excluding diaryl/α,β-unsaturated/α-hetero) is 1. The zero-order chi connectivity index (χ0) is 22.7. The Kier molecular flexibility index (Phi) is 6.49. The van der Waals surface area contributed by atoms with Crippen LogP contribution in [0.4, 0.5) is 0 Å². The highest BCUT2D eigenvalue weighted by Gasteiger charge is 2.49. The molecule has 32 heavy (non-hydrogen) atoms. The Balaban J connectivity index is 1.81. The van der Waals surface area contributed by atoms with E-state index >= 15 is 0 Å². The van der Waals surface area contributed by atoms with Crippen LogP contribution in [-0.4, -0.2) is 41.5 Å². The second-order valence-corrected chi connectivity index (χ2v) is 8.29. The largest absolute Gasteiger partial charge is 0.507 e. The topological polar surface area (TPSA) is 76.1 Å². The van der Waals surface area contributed by atoms with Crippen molar-refractivity contribution in [2.24, 2.45) is 0 Å². The first-order valence-corrected chi connectivity index (χ1v) is 11.2. The van der Waals surface area contributed by atoms with Gasteiger partial charge < -0.3 is 19.5 Å². The van der Waals surface area contributed by atoms with E-state index < -0.39 is 17.7 Å². The molecule has 0 bridgehead atoms. The second-order valence-electron chi connectivity index (χ2n) is 8.29. The van der Waals surface area contributed by atoms with Gasteiger partial charge >= 0.3 is 0 Å². The number of aliphatic hydroxyl groups is 1. The molecule has 1 saturated carbocycles. The van der Waals surface area contributed by atoms with Gasteiger partial charge in [0.2, 0.25) is 0 Å². The molecular formula is C26H29NO5. The number of ketones is 1.